The van der Waals surface area contributed by atoms with Gasteiger partial charge in [0.05, 0.1) is 12.7 Å². The fraction of sp³-hybridized carbons (Fsp3) is 0.588. The van der Waals surface area contributed by atoms with E-state index in [9.17, 15) is 9.90 Å². The molecule has 120 valence electrons. The molecule has 3 rings (SSSR count). The lowest BCUT2D eigenvalue weighted by atomic mass is 9.77. The minimum atomic E-state index is -1.08. The van der Waals surface area contributed by atoms with Gasteiger partial charge in [-0.1, -0.05) is 30.3 Å². The van der Waals surface area contributed by atoms with Crippen LogP contribution in [0.3, 0.4) is 0 Å². The van der Waals surface area contributed by atoms with E-state index in [-0.39, 0.29) is 11.7 Å². The van der Waals surface area contributed by atoms with Crippen molar-refractivity contribution in [2.45, 2.75) is 57.6 Å². The molecular formula is C17H22O5. The number of carbonyl (C=O) groups excluding carboxylic acids is 1. The Bertz CT molecular complexity index is 527. The topological polar surface area (TPSA) is 65.0 Å². The smallest absolute Gasteiger partial charge is 0.187 e. The molecule has 1 saturated heterocycles. The van der Waals surface area contributed by atoms with Crippen LogP contribution in [0, 0.1) is 5.92 Å². The second kappa shape index (κ2) is 6.08. The number of rotatable bonds is 5. The lowest BCUT2D eigenvalue weighted by molar-refractivity contribution is -0.179. The summed E-state index contributed by atoms with van der Waals surface area (Å²) in [4.78, 5) is 11.9. The molecule has 2 aliphatic rings. The number of hydrogen-bond acceptors (Lipinski definition) is 5. The van der Waals surface area contributed by atoms with Gasteiger partial charge >= 0.3 is 0 Å². The van der Waals surface area contributed by atoms with Crippen LogP contribution in [0.5, 0.6) is 0 Å². The van der Waals surface area contributed by atoms with E-state index in [1.54, 1.807) is 13.8 Å². The van der Waals surface area contributed by atoms with Crippen molar-refractivity contribution in [3.8, 4) is 0 Å². The highest BCUT2D eigenvalue weighted by Gasteiger charge is 2.50. The monoisotopic (exact) mass is 306 g/mol. The van der Waals surface area contributed by atoms with E-state index in [0.29, 0.717) is 13.0 Å². The number of aliphatic hydroxyl groups is 1. The second-order valence-electron chi connectivity index (χ2n) is 6.36. The van der Waals surface area contributed by atoms with Crippen LogP contribution in [0.4, 0.5) is 0 Å². The van der Waals surface area contributed by atoms with Crippen LogP contribution in [0.15, 0.2) is 30.3 Å². The largest absolute Gasteiger partial charge is 0.370 e. The fourth-order valence-corrected chi connectivity index (χ4v) is 2.98. The quantitative estimate of drug-likeness (QED) is 0.901. The van der Waals surface area contributed by atoms with E-state index in [2.05, 4.69) is 0 Å². The van der Waals surface area contributed by atoms with Crippen molar-refractivity contribution in [1.82, 2.24) is 0 Å². The average Bonchev–Trinajstić information content (AvgIpc) is 2.75. The summed E-state index contributed by atoms with van der Waals surface area (Å²) in [5.41, 5.74) is 1.02. The van der Waals surface area contributed by atoms with Crippen molar-refractivity contribution < 1.29 is 24.1 Å². The van der Waals surface area contributed by atoms with Gasteiger partial charge in [-0.05, 0) is 25.8 Å². The summed E-state index contributed by atoms with van der Waals surface area (Å²) < 4.78 is 17.1. The molecule has 5 nitrogen and oxygen atoms in total. The third kappa shape index (κ3) is 3.22. The van der Waals surface area contributed by atoms with Gasteiger partial charge < -0.3 is 19.3 Å². The fourth-order valence-electron chi connectivity index (χ4n) is 2.98. The molecule has 1 aromatic rings. The van der Waals surface area contributed by atoms with E-state index in [0.717, 1.165) is 12.0 Å². The lowest BCUT2D eigenvalue weighted by Gasteiger charge is -2.35. The molecule has 0 spiro atoms. The Morgan fingerprint density at radius 2 is 2.05 bits per heavy atom. The Morgan fingerprint density at radius 3 is 2.55 bits per heavy atom. The predicted octanol–water partition coefficient (Wildman–Crippen LogP) is 2.02. The highest BCUT2D eigenvalue weighted by atomic mass is 16.8. The Kier molecular flexibility index (Phi) is 4.32. The van der Waals surface area contributed by atoms with Crippen LogP contribution in [0.25, 0.3) is 0 Å². The van der Waals surface area contributed by atoms with Crippen LogP contribution < -0.4 is 0 Å². The summed E-state index contributed by atoms with van der Waals surface area (Å²) in [5.74, 6) is -0.926. The number of ketones is 1. The second-order valence-corrected chi connectivity index (χ2v) is 6.36. The van der Waals surface area contributed by atoms with E-state index >= 15 is 0 Å². The maximum absolute atomic E-state index is 11.9. The molecule has 1 heterocycles. The molecule has 1 aromatic carbocycles. The summed E-state index contributed by atoms with van der Waals surface area (Å²) in [6, 6.07) is 9.75. The zero-order valence-corrected chi connectivity index (χ0v) is 12.9. The maximum Gasteiger partial charge on any atom is 0.187 e. The molecular weight excluding hydrogens is 284 g/mol. The first kappa shape index (κ1) is 15.6. The summed E-state index contributed by atoms with van der Waals surface area (Å²) >= 11 is 0. The van der Waals surface area contributed by atoms with Crippen molar-refractivity contribution in [2.24, 2.45) is 5.92 Å². The minimum absolute atomic E-state index is 0.165. The van der Waals surface area contributed by atoms with Gasteiger partial charge in [0, 0.05) is 12.3 Å². The van der Waals surface area contributed by atoms with Crippen LogP contribution in [-0.4, -0.2) is 35.2 Å². The first-order valence-electron chi connectivity index (χ1n) is 7.68. The average molecular weight is 306 g/mol. The molecule has 1 saturated carbocycles. The number of ether oxygens (including phenoxy) is 3. The Labute approximate surface area is 130 Å². The normalized spacial score (nSPS) is 31.8. The summed E-state index contributed by atoms with van der Waals surface area (Å²) in [6.45, 7) is 3.86. The Hall–Kier alpha value is -1.27. The third-order valence-electron chi connectivity index (χ3n) is 4.23. The number of aliphatic hydroxyl groups excluding tert-OH is 1. The van der Waals surface area contributed by atoms with Gasteiger partial charge in [-0.25, -0.2) is 0 Å². The zero-order chi connectivity index (χ0) is 15.7. The van der Waals surface area contributed by atoms with Crippen LogP contribution in [-0.2, 0) is 25.6 Å². The predicted molar refractivity (Wildman–Crippen MR) is 78.8 cm³/mol. The van der Waals surface area contributed by atoms with Gasteiger partial charge in [0.15, 0.2) is 12.1 Å². The van der Waals surface area contributed by atoms with E-state index in [1.807, 2.05) is 30.3 Å². The summed E-state index contributed by atoms with van der Waals surface area (Å²) in [7, 11) is 0. The number of Topliss-reactive ketones (excluding diaryl/α,β-unsaturated/α-hetero) is 1. The zero-order valence-electron chi connectivity index (χ0n) is 12.9. The molecule has 0 amide bonds. The van der Waals surface area contributed by atoms with Gasteiger partial charge in [0.2, 0.25) is 0 Å². The van der Waals surface area contributed by atoms with Crippen molar-refractivity contribution in [3.05, 3.63) is 35.9 Å². The molecule has 4 atom stereocenters. The number of hydrogen-bond donors (Lipinski definition) is 1. The van der Waals surface area contributed by atoms with Gasteiger partial charge in [-0.2, -0.15) is 0 Å². The molecule has 0 radical (unpaired) electrons. The highest BCUT2D eigenvalue weighted by Crippen LogP contribution is 2.37. The third-order valence-corrected chi connectivity index (χ3v) is 4.23. The highest BCUT2D eigenvalue weighted by molar-refractivity contribution is 5.87. The summed E-state index contributed by atoms with van der Waals surface area (Å²) in [6.07, 6.45) is -0.871. The van der Waals surface area contributed by atoms with Crippen LogP contribution in [0.1, 0.15) is 32.3 Å². The Balaban J connectivity index is 1.72. The molecule has 1 aliphatic carbocycles. The van der Waals surface area contributed by atoms with Crippen molar-refractivity contribution in [3.63, 3.8) is 0 Å². The summed E-state index contributed by atoms with van der Waals surface area (Å²) in [5, 5.41) is 10.1. The standard InChI is InChI=1S/C17H22O5/c1-17(2)21-15(16(19)22-17)14(12-8-9-13(12)18)20-10-11-6-4-3-5-7-11/h3-7,12,14-16,19H,8-10H2,1-2H3/t12-,14?,15?,16?/m0/s1. The maximum atomic E-state index is 11.9. The molecule has 0 bridgehead atoms. The van der Waals surface area contributed by atoms with E-state index in [4.69, 9.17) is 14.2 Å². The first-order valence-corrected chi connectivity index (χ1v) is 7.68. The van der Waals surface area contributed by atoms with Gasteiger partial charge in [-0.15, -0.1) is 0 Å². The van der Waals surface area contributed by atoms with Crippen LogP contribution in [0.2, 0.25) is 0 Å². The van der Waals surface area contributed by atoms with Gasteiger partial charge in [-0.3, -0.25) is 4.79 Å². The minimum Gasteiger partial charge on any atom is -0.370 e. The lowest BCUT2D eigenvalue weighted by Crippen LogP contribution is -2.48. The van der Waals surface area contributed by atoms with Gasteiger partial charge in [0.1, 0.15) is 11.9 Å². The molecule has 0 aromatic heterocycles. The molecule has 1 aliphatic heterocycles. The molecule has 2 fully saturated rings. The number of benzene rings is 1. The van der Waals surface area contributed by atoms with Crippen molar-refractivity contribution >= 4 is 5.78 Å². The Morgan fingerprint density at radius 1 is 1.32 bits per heavy atom. The molecule has 1 N–H and O–H groups in total. The molecule has 5 heteroatoms. The SMILES string of the molecule is CC1(C)OC(O)C(C(OCc2ccccc2)[C@H]2CCC2=O)O1. The molecule has 3 unspecified atom stereocenters. The van der Waals surface area contributed by atoms with Crippen molar-refractivity contribution in [2.75, 3.05) is 0 Å². The van der Waals surface area contributed by atoms with E-state index in [1.165, 1.54) is 0 Å². The van der Waals surface area contributed by atoms with E-state index < -0.39 is 24.3 Å². The van der Waals surface area contributed by atoms with Crippen LogP contribution >= 0.6 is 0 Å². The molecule has 22 heavy (non-hydrogen) atoms. The number of carbonyl (C=O) groups is 1. The first-order chi connectivity index (χ1) is 10.5. The van der Waals surface area contributed by atoms with Gasteiger partial charge in [0.25, 0.3) is 0 Å². The van der Waals surface area contributed by atoms with Crippen molar-refractivity contribution in [1.29, 1.82) is 0 Å².